The Labute approximate surface area is 102 Å². The Morgan fingerprint density at radius 2 is 2.06 bits per heavy atom. The fourth-order valence-electron chi connectivity index (χ4n) is 1.09. The molecule has 0 aliphatic rings. The minimum absolute atomic E-state index is 0.125. The molecule has 1 rings (SSSR count). The maximum absolute atomic E-state index is 13.1. The van der Waals surface area contributed by atoms with Crippen molar-refractivity contribution >= 4 is 31.6 Å². The van der Waals surface area contributed by atoms with Gasteiger partial charge in [-0.15, -0.1) is 0 Å². The Kier molecular flexibility index (Phi) is 4.21. The quantitative estimate of drug-likeness (QED) is 0.801. The van der Waals surface area contributed by atoms with Gasteiger partial charge in [0.05, 0.1) is 10.2 Å². The number of carbonyl (C=O) groups is 1. The van der Waals surface area contributed by atoms with E-state index >= 15 is 0 Å². The highest BCUT2D eigenvalue weighted by atomic mass is 79.9. The molecule has 0 amide bonds. The Hall–Kier alpha value is -0.750. The molecule has 6 heteroatoms. The topological polar surface area (TPSA) is 51.2 Å². The van der Waals surface area contributed by atoms with E-state index in [1.54, 1.807) is 0 Å². The molecule has 0 aromatic heterocycles. The van der Waals surface area contributed by atoms with Gasteiger partial charge in [-0.25, -0.2) is 12.8 Å². The van der Waals surface area contributed by atoms with Crippen molar-refractivity contribution in [3.8, 4) is 0 Å². The zero-order valence-electron chi connectivity index (χ0n) is 8.54. The summed E-state index contributed by atoms with van der Waals surface area (Å²) in [4.78, 5) is 11.5. The first-order chi connectivity index (χ1) is 7.29. The molecule has 16 heavy (non-hydrogen) atoms. The zero-order valence-corrected chi connectivity index (χ0v) is 10.9. The highest BCUT2D eigenvalue weighted by Gasteiger charge is 2.11. The predicted molar refractivity (Wildman–Crippen MR) is 62.8 cm³/mol. The average molecular weight is 309 g/mol. The number of sulfone groups is 1. The lowest BCUT2D eigenvalue weighted by Crippen LogP contribution is -2.09. The molecule has 0 N–H and O–H groups in total. The van der Waals surface area contributed by atoms with Crippen LogP contribution >= 0.6 is 15.9 Å². The van der Waals surface area contributed by atoms with Gasteiger partial charge < -0.3 is 0 Å². The third kappa shape index (κ3) is 4.02. The predicted octanol–water partition coefficient (Wildman–Crippen LogP) is 2.21. The summed E-state index contributed by atoms with van der Waals surface area (Å²) in [5.41, 5.74) is 0.185. The number of carbonyl (C=O) groups excluding carboxylic acids is 1. The fraction of sp³-hybridized carbons (Fsp3) is 0.300. The average Bonchev–Trinajstić information content (AvgIpc) is 2.17. The first-order valence-corrected chi connectivity index (χ1v) is 7.31. The molecule has 0 spiro atoms. The molecule has 0 saturated heterocycles. The fourth-order valence-corrected chi connectivity index (χ4v) is 1.89. The molecule has 3 nitrogen and oxygen atoms in total. The molecule has 0 atom stereocenters. The van der Waals surface area contributed by atoms with Crippen molar-refractivity contribution in [2.24, 2.45) is 0 Å². The summed E-state index contributed by atoms with van der Waals surface area (Å²) < 4.78 is 35.1. The van der Waals surface area contributed by atoms with E-state index < -0.39 is 15.7 Å². The molecule has 1 aromatic carbocycles. The minimum atomic E-state index is -3.17. The Bertz CT molecular complexity index is 511. The van der Waals surface area contributed by atoms with Crippen LogP contribution in [-0.4, -0.2) is 26.2 Å². The summed E-state index contributed by atoms with van der Waals surface area (Å²) in [6.45, 7) is 0. The molecule has 88 valence electrons. The van der Waals surface area contributed by atoms with Gasteiger partial charge in [0, 0.05) is 18.2 Å². The summed E-state index contributed by atoms with van der Waals surface area (Å²) in [5, 5.41) is 0. The van der Waals surface area contributed by atoms with Crippen molar-refractivity contribution in [1.29, 1.82) is 0 Å². The molecule has 0 unspecified atom stereocenters. The molecule has 0 saturated carbocycles. The van der Waals surface area contributed by atoms with Crippen LogP contribution in [0.3, 0.4) is 0 Å². The lowest BCUT2D eigenvalue weighted by atomic mass is 10.1. The number of hydrogen-bond acceptors (Lipinski definition) is 3. The van der Waals surface area contributed by atoms with E-state index in [9.17, 15) is 17.6 Å². The Morgan fingerprint density at radius 3 is 2.56 bits per heavy atom. The highest BCUT2D eigenvalue weighted by molar-refractivity contribution is 9.10. The first kappa shape index (κ1) is 13.3. The van der Waals surface area contributed by atoms with Crippen LogP contribution in [0.4, 0.5) is 4.39 Å². The SMILES string of the molecule is CS(=O)(=O)CCC(=O)c1ccc(Br)c(F)c1. The molecule has 0 heterocycles. The molecule has 1 aromatic rings. The van der Waals surface area contributed by atoms with E-state index in [-0.39, 0.29) is 28.0 Å². The maximum Gasteiger partial charge on any atom is 0.163 e. The first-order valence-electron chi connectivity index (χ1n) is 4.45. The largest absolute Gasteiger partial charge is 0.294 e. The van der Waals surface area contributed by atoms with Gasteiger partial charge in [0.25, 0.3) is 0 Å². The number of ketones is 1. The molecule has 0 bridgehead atoms. The van der Waals surface area contributed by atoms with E-state index in [0.717, 1.165) is 12.3 Å². The number of rotatable bonds is 4. The van der Waals surface area contributed by atoms with Crippen molar-refractivity contribution < 1.29 is 17.6 Å². The van der Waals surface area contributed by atoms with Gasteiger partial charge in [-0.05, 0) is 28.1 Å². The Balaban J connectivity index is 2.78. The van der Waals surface area contributed by atoms with Gasteiger partial charge in [0.2, 0.25) is 0 Å². The monoisotopic (exact) mass is 308 g/mol. The van der Waals surface area contributed by atoms with Crippen LogP contribution in [0.2, 0.25) is 0 Å². The summed E-state index contributed by atoms with van der Waals surface area (Å²) in [6, 6.07) is 3.97. The molecule has 0 radical (unpaired) electrons. The van der Waals surface area contributed by atoms with E-state index in [1.807, 2.05) is 0 Å². The van der Waals surface area contributed by atoms with Gasteiger partial charge in [-0.1, -0.05) is 6.07 Å². The number of hydrogen-bond donors (Lipinski definition) is 0. The van der Waals surface area contributed by atoms with Crippen LogP contribution in [-0.2, 0) is 9.84 Å². The highest BCUT2D eigenvalue weighted by Crippen LogP contribution is 2.17. The van der Waals surface area contributed by atoms with Crippen LogP contribution in [0.5, 0.6) is 0 Å². The lowest BCUT2D eigenvalue weighted by molar-refractivity contribution is 0.0988. The molecular weight excluding hydrogens is 299 g/mol. The van der Waals surface area contributed by atoms with Crippen molar-refractivity contribution in [2.45, 2.75) is 6.42 Å². The van der Waals surface area contributed by atoms with Crippen molar-refractivity contribution in [3.63, 3.8) is 0 Å². The third-order valence-electron chi connectivity index (χ3n) is 1.94. The maximum atomic E-state index is 13.1. The van der Waals surface area contributed by atoms with Gasteiger partial charge in [0.1, 0.15) is 15.7 Å². The minimum Gasteiger partial charge on any atom is -0.294 e. The van der Waals surface area contributed by atoms with Crippen molar-refractivity contribution in [2.75, 3.05) is 12.0 Å². The number of Topliss-reactive ketones (excluding diaryl/α,β-unsaturated/α-hetero) is 1. The van der Waals surface area contributed by atoms with Crippen molar-refractivity contribution in [1.82, 2.24) is 0 Å². The van der Waals surface area contributed by atoms with Crippen LogP contribution in [0.1, 0.15) is 16.8 Å². The van der Waals surface area contributed by atoms with E-state index in [4.69, 9.17) is 0 Å². The second kappa shape index (κ2) is 5.05. The molecule has 0 aliphatic carbocycles. The normalized spacial score (nSPS) is 11.4. The number of halogens is 2. The van der Waals surface area contributed by atoms with E-state index in [1.165, 1.54) is 12.1 Å². The summed E-state index contributed by atoms with van der Waals surface area (Å²) in [6.07, 6.45) is 0.933. The second-order valence-electron chi connectivity index (χ2n) is 3.43. The van der Waals surface area contributed by atoms with Gasteiger partial charge >= 0.3 is 0 Å². The van der Waals surface area contributed by atoms with Crippen LogP contribution < -0.4 is 0 Å². The molecular formula is C10H10BrFO3S. The Morgan fingerprint density at radius 1 is 1.44 bits per heavy atom. The molecule has 0 aliphatic heterocycles. The standard InChI is InChI=1S/C10H10BrFO3S/c1-16(14,15)5-4-10(13)7-2-3-8(11)9(12)6-7/h2-3,6H,4-5H2,1H3. The molecule has 0 fully saturated rings. The van der Waals surface area contributed by atoms with Gasteiger partial charge in [-0.3, -0.25) is 4.79 Å². The smallest absolute Gasteiger partial charge is 0.163 e. The summed E-state index contributed by atoms with van der Waals surface area (Å²) >= 11 is 2.97. The van der Waals surface area contributed by atoms with Gasteiger partial charge in [-0.2, -0.15) is 0 Å². The van der Waals surface area contributed by atoms with Gasteiger partial charge in [0.15, 0.2) is 5.78 Å². The lowest BCUT2D eigenvalue weighted by Gasteiger charge is -2.01. The second-order valence-corrected chi connectivity index (χ2v) is 6.55. The number of benzene rings is 1. The van der Waals surface area contributed by atoms with E-state index in [2.05, 4.69) is 15.9 Å². The summed E-state index contributed by atoms with van der Waals surface area (Å²) in [5.74, 6) is -1.13. The van der Waals surface area contributed by atoms with Crippen LogP contribution in [0.25, 0.3) is 0 Å². The van der Waals surface area contributed by atoms with Crippen LogP contribution in [0.15, 0.2) is 22.7 Å². The van der Waals surface area contributed by atoms with Crippen LogP contribution in [0, 0.1) is 5.82 Å². The summed E-state index contributed by atoms with van der Waals surface area (Å²) in [7, 11) is -3.17. The zero-order chi connectivity index (χ0) is 12.3. The third-order valence-corrected chi connectivity index (χ3v) is 3.53. The van der Waals surface area contributed by atoms with Crippen molar-refractivity contribution in [3.05, 3.63) is 34.1 Å². The van der Waals surface area contributed by atoms with E-state index in [0.29, 0.717) is 0 Å².